The molecule has 2 aromatic rings. The fraction of sp³-hybridized carbons (Fsp3) is 0.294. The molecule has 1 aromatic carbocycles. The van der Waals surface area contributed by atoms with E-state index in [2.05, 4.69) is 15.2 Å². The molecule has 1 amide bonds. The molecule has 3 rings (SSSR count). The summed E-state index contributed by atoms with van der Waals surface area (Å²) in [6.07, 6.45) is 1.56. The number of carbonyl (C=O) groups excluding carboxylic acids is 1. The van der Waals surface area contributed by atoms with Crippen molar-refractivity contribution in [3.63, 3.8) is 0 Å². The van der Waals surface area contributed by atoms with Gasteiger partial charge in [0, 0.05) is 44.0 Å². The molecule has 1 aliphatic heterocycles. The number of anilines is 2. The van der Waals surface area contributed by atoms with Crippen molar-refractivity contribution in [3.05, 3.63) is 58.3 Å². The quantitative estimate of drug-likeness (QED) is 0.675. The molecule has 0 aliphatic carbocycles. The van der Waals surface area contributed by atoms with Crippen molar-refractivity contribution in [2.45, 2.75) is 0 Å². The number of nitrogens with one attached hydrogen (secondary N) is 1. The summed E-state index contributed by atoms with van der Waals surface area (Å²) in [6.45, 7) is 3.13. The Hall–Kier alpha value is -3.00. The molecule has 1 aliphatic rings. The standard InChI is InChI=1S/C17H19N5O3/c1-20-8-10-21(11-9-20)14-6-5-13(12-15(14)22(24)25)17(23)19-16-4-2-3-7-18-16/h2-7,12H,8-11H2,1H3,(H,18,19,23). The number of rotatable bonds is 4. The Morgan fingerprint density at radius 1 is 1.20 bits per heavy atom. The molecule has 1 aromatic heterocycles. The number of piperazine rings is 1. The predicted octanol–water partition coefficient (Wildman–Crippen LogP) is 1.99. The van der Waals surface area contributed by atoms with Crippen LogP contribution in [0.2, 0.25) is 0 Å². The van der Waals surface area contributed by atoms with Crippen LogP contribution in [-0.4, -0.2) is 53.9 Å². The zero-order valence-electron chi connectivity index (χ0n) is 13.9. The van der Waals surface area contributed by atoms with Gasteiger partial charge in [0.25, 0.3) is 11.6 Å². The van der Waals surface area contributed by atoms with E-state index >= 15 is 0 Å². The normalized spacial score (nSPS) is 15.0. The number of benzene rings is 1. The van der Waals surface area contributed by atoms with Gasteiger partial charge in [-0.25, -0.2) is 4.98 Å². The largest absolute Gasteiger partial charge is 0.363 e. The van der Waals surface area contributed by atoms with Gasteiger partial charge in [-0.3, -0.25) is 14.9 Å². The third kappa shape index (κ3) is 3.92. The molecule has 1 N–H and O–H groups in total. The van der Waals surface area contributed by atoms with Crippen LogP contribution < -0.4 is 10.2 Å². The Kier molecular flexibility index (Phi) is 4.90. The van der Waals surface area contributed by atoms with Crippen molar-refractivity contribution in [2.75, 3.05) is 43.4 Å². The van der Waals surface area contributed by atoms with E-state index in [0.717, 1.165) is 26.2 Å². The first-order valence-corrected chi connectivity index (χ1v) is 7.99. The number of nitrogens with zero attached hydrogens (tertiary/aromatic N) is 4. The molecule has 0 unspecified atom stereocenters. The highest BCUT2D eigenvalue weighted by Crippen LogP contribution is 2.30. The number of hydrogen-bond acceptors (Lipinski definition) is 6. The minimum Gasteiger partial charge on any atom is -0.363 e. The van der Waals surface area contributed by atoms with Gasteiger partial charge in [0.1, 0.15) is 11.5 Å². The summed E-state index contributed by atoms with van der Waals surface area (Å²) >= 11 is 0. The summed E-state index contributed by atoms with van der Waals surface area (Å²) < 4.78 is 0. The zero-order valence-corrected chi connectivity index (χ0v) is 13.9. The van der Waals surface area contributed by atoms with Crippen molar-refractivity contribution < 1.29 is 9.72 Å². The van der Waals surface area contributed by atoms with E-state index in [4.69, 9.17) is 0 Å². The van der Waals surface area contributed by atoms with Gasteiger partial charge in [-0.05, 0) is 31.3 Å². The average Bonchev–Trinajstić information content (AvgIpc) is 2.62. The maximum Gasteiger partial charge on any atom is 0.293 e. The summed E-state index contributed by atoms with van der Waals surface area (Å²) in [5, 5.41) is 14.1. The van der Waals surface area contributed by atoms with Crippen LogP contribution in [0.3, 0.4) is 0 Å². The van der Waals surface area contributed by atoms with Gasteiger partial charge in [0.15, 0.2) is 0 Å². The van der Waals surface area contributed by atoms with E-state index in [-0.39, 0.29) is 11.3 Å². The van der Waals surface area contributed by atoms with E-state index in [1.165, 1.54) is 6.07 Å². The number of amides is 1. The van der Waals surface area contributed by atoms with Gasteiger partial charge < -0.3 is 15.1 Å². The summed E-state index contributed by atoms with van der Waals surface area (Å²) in [6, 6.07) is 9.74. The molecule has 0 atom stereocenters. The zero-order chi connectivity index (χ0) is 17.8. The van der Waals surface area contributed by atoms with Crippen molar-refractivity contribution in [2.24, 2.45) is 0 Å². The minimum absolute atomic E-state index is 0.0572. The number of nitro benzene ring substituents is 1. The minimum atomic E-state index is -0.439. The van der Waals surface area contributed by atoms with Crippen molar-refractivity contribution >= 4 is 23.1 Å². The molecule has 130 valence electrons. The molecule has 1 saturated heterocycles. The first kappa shape index (κ1) is 16.8. The van der Waals surface area contributed by atoms with E-state index in [9.17, 15) is 14.9 Å². The van der Waals surface area contributed by atoms with Gasteiger partial charge in [-0.2, -0.15) is 0 Å². The van der Waals surface area contributed by atoms with Crippen LogP contribution in [0, 0.1) is 10.1 Å². The average molecular weight is 341 g/mol. The molecule has 0 radical (unpaired) electrons. The summed E-state index contributed by atoms with van der Waals surface area (Å²) in [5.41, 5.74) is 0.723. The topological polar surface area (TPSA) is 91.6 Å². The summed E-state index contributed by atoms with van der Waals surface area (Å²) in [4.78, 5) is 31.6. The molecule has 0 bridgehead atoms. The maximum absolute atomic E-state index is 12.3. The predicted molar refractivity (Wildman–Crippen MR) is 95.0 cm³/mol. The van der Waals surface area contributed by atoms with Gasteiger partial charge in [-0.1, -0.05) is 6.07 Å². The highest BCUT2D eigenvalue weighted by molar-refractivity contribution is 6.04. The van der Waals surface area contributed by atoms with E-state index in [1.807, 2.05) is 11.9 Å². The molecule has 25 heavy (non-hydrogen) atoms. The number of aromatic nitrogens is 1. The second kappa shape index (κ2) is 7.27. The highest BCUT2D eigenvalue weighted by Gasteiger charge is 2.24. The van der Waals surface area contributed by atoms with Crippen molar-refractivity contribution in [1.82, 2.24) is 9.88 Å². The Morgan fingerprint density at radius 3 is 2.60 bits per heavy atom. The lowest BCUT2D eigenvalue weighted by Crippen LogP contribution is -2.44. The molecule has 8 nitrogen and oxygen atoms in total. The Labute approximate surface area is 145 Å². The second-order valence-electron chi connectivity index (χ2n) is 5.92. The lowest BCUT2D eigenvalue weighted by Gasteiger charge is -2.33. The Bertz CT molecular complexity index is 773. The molecule has 2 heterocycles. The van der Waals surface area contributed by atoms with Gasteiger partial charge >= 0.3 is 0 Å². The summed E-state index contributed by atoms with van der Waals surface area (Å²) in [7, 11) is 2.02. The first-order valence-electron chi connectivity index (χ1n) is 7.99. The van der Waals surface area contributed by atoms with Gasteiger partial charge in [0.2, 0.25) is 0 Å². The number of carbonyl (C=O) groups is 1. The first-order chi connectivity index (χ1) is 12.0. The van der Waals surface area contributed by atoms with E-state index in [0.29, 0.717) is 11.5 Å². The van der Waals surface area contributed by atoms with Crippen LogP contribution in [0.15, 0.2) is 42.6 Å². The fourth-order valence-corrected chi connectivity index (χ4v) is 2.75. The smallest absolute Gasteiger partial charge is 0.293 e. The Balaban J connectivity index is 1.83. The third-order valence-corrected chi connectivity index (χ3v) is 4.18. The van der Waals surface area contributed by atoms with Crippen LogP contribution in [0.1, 0.15) is 10.4 Å². The molecule has 0 saturated carbocycles. The van der Waals surface area contributed by atoms with Crippen LogP contribution in [0.25, 0.3) is 0 Å². The van der Waals surface area contributed by atoms with E-state index in [1.54, 1.807) is 36.5 Å². The third-order valence-electron chi connectivity index (χ3n) is 4.18. The van der Waals surface area contributed by atoms with Crippen LogP contribution in [0.4, 0.5) is 17.2 Å². The molecule has 8 heteroatoms. The molecule has 0 spiro atoms. The number of likely N-dealkylation sites (N-methyl/N-ethyl adjacent to an activating group) is 1. The van der Waals surface area contributed by atoms with Crippen LogP contribution in [0.5, 0.6) is 0 Å². The fourth-order valence-electron chi connectivity index (χ4n) is 2.75. The lowest BCUT2D eigenvalue weighted by molar-refractivity contribution is -0.384. The molecule has 1 fully saturated rings. The SMILES string of the molecule is CN1CCN(c2ccc(C(=O)Nc3ccccn3)cc2[N+](=O)[O-])CC1. The Morgan fingerprint density at radius 2 is 1.96 bits per heavy atom. The lowest BCUT2D eigenvalue weighted by atomic mass is 10.1. The highest BCUT2D eigenvalue weighted by atomic mass is 16.6. The van der Waals surface area contributed by atoms with Crippen LogP contribution >= 0.6 is 0 Å². The summed E-state index contributed by atoms with van der Waals surface area (Å²) in [5.74, 6) is -0.0231. The van der Waals surface area contributed by atoms with Gasteiger partial charge in [0.05, 0.1) is 4.92 Å². The van der Waals surface area contributed by atoms with Crippen molar-refractivity contribution in [3.8, 4) is 0 Å². The number of nitro groups is 1. The maximum atomic E-state index is 12.3. The van der Waals surface area contributed by atoms with Gasteiger partial charge in [-0.15, -0.1) is 0 Å². The second-order valence-corrected chi connectivity index (χ2v) is 5.92. The molecular formula is C17H19N5O3. The number of hydrogen-bond donors (Lipinski definition) is 1. The van der Waals surface area contributed by atoms with Crippen LogP contribution in [-0.2, 0) is 0 Å². The monoisotopic (exact) mass is 341 g/mol. The van der Waals surface area contributed by atoms with Crippen molar-refractivity contribution in [1.29, 1.82) is 0 Å². The molecular weight excluding hydrogens is 322 g/mol. The van der Waals surface area contributed by atoms with E-state index < -0.39 is 10.8 Å². The number of pyridine rings is 1.